The number of methoxy groups -OCH3 is 1. The van der Waals surface area contributed by atoms with Crippen molar-refractivity contribution in [1.82, 2.24) is 10.2 Å². The summed E-state index contributed by atoms with van der Waals surface area (Å²) in [6.07, 6.45) is 6.18. The topological polar surface area (TPSA) is 41.6 Å². The molecule has 2 aliphatic rings. The van der Waals surface area contributed by atoms with Gasteiger partial charge in [-0.15, -0.1) is 0 Å². The van der Waals surface area contributed by atoms with Crippen LogP contribution in [0.1, 0.15) is 32.6 Å². The van der Waals surface area contributed by atoms with Crippen molar-refractivity contribution in [2.24, 2.45) is 5.41 Å². The Morgan fingerprint density at radius 1 is 1.58 bits per heavy atom. The van der Waals surface area contributed by atoms with Gasteiger partial charge in [0.15, 0.2) is 0 Å². The van der Waals surface area contributed by atoms with E-state index in [9.17, 15) is 4.79 Å². The van der Waals surface area contributed by atoms with E-state index in [0.29, 0.717) is 12.5 Å². The van der Waals surface area contributed by atoms with Gasteiger partial charge < -0.3 is 15.0 Å². The molecule has 0 saturated carbocycles. The first-order valence-electron chi connectivity index (χ1n) is 7.39. The largest absolute Gasteiger partial charge is 0.380 e. The zero-order valence-electron chi connectivity index (χ0n) is 12.2. The molecule has 19 heavy (non-hydrogen) atoms. The first-order valence-corrected chi connectivity index (χ1v) is 7.39. The number of amides is 1. The molecule has 4 nitrogen and oxygen atoms in total. The van der Waals surface area contributed by atoms with Crippen LogP contribution in [0, 0.1) is 5.41 Å². The number of hydrogen-bond acceptors (Lipinski definition) is 3. The predicted molar refractivity (Wildman–Crippen MR) is 76.0 cm³/mol. The highest BCUT2D eigenvalue weighted by Gasteiger charge is 2.42. The van der Waals surface area contributed by atoms with Crippen molar-refractivity contribution in [2.45, 2.75) is 32.6 Å². The second kappa shape index (κ2) is 6.53. The molecule has 2 aliphatic heterocycles. The Balaban J connectivity index is 2.00. The van der Waals surface area contributed by atoms with Gasteiger partial charge in [0.1, 0.15) is 0 Å². The lowest BCUT2D eigenvalue weighted by Gasteiger charge is -2.35. The lowest BCUT2D eigenvalue weighted by atomic mass is 9.80. The molecule has 0 radical (unpaired) electrons. The van der Waals surface area contributed by atoms with Gasteiger partial charge in [-0.25, -0.2) is 0 Å². The maximum absolute atomic E-state index is 12.8. The Morgan fingerprint density at radius 2 is 2.42 bits per heavy atom. The number of nitrogens with zero attached hydrogens (tertiary/aromatic N) is 1. The third kappa shape index (κ3) is 3.18. The van der Waals surface area contributed by atoms with E-state index in [0.717, 1.165) is 51.9 Å². The van der Waals surface area contributed by atoms with Gasteiger partial charge >= 0.3 is 0 Å². The van der Waals surface area contributed by atoms with E-state index in [-0.39, 0.29) is 5.41 Å². The van der Waals surface area contributed by atoms with Gasteiger partial charge in [0.2, 0.25) is 5.91 Å². The highest BCUT2D eigenvalue weighted by atomic mass is 16.5. The number of nitrogens with one attached hydrogen (secondary N) is 1. The number of hydrogen-bond donors (Lipinski definition) is 1. The van der Waals surface area contributed by atoms with Crippen LogP contribution in [0.25, 0.3) is 0 Å². The molecule has 4 heteroatoms. The lowest BCUT2D eigenvalue weighted by Crippen LogP contribution is -2.47. The van der Waals surface area contributed by atoms with Crippen LogP contribution in [-0.4, -0.2) is 50.7 Å². The minimum Gasteiger partial charge on any atom is -0.380 e. The Morgan fingerprint density at radius 3 is 2.95 bits per heavy atom. The zero-order chi connectivity index (χ0) is 13.7. The van der Waals surface area contributed by atoms with Crippen molar-refractivity contribution < 1.29 is 9.53 Å². The summed E-state index contributed by atoms with van der Waals surface area (Å²) < 4.78 is 5.15. The summed E-state index contributed by atoms with van der Waals surface area (Å²) in [6.45, 7) is 6.29. The van der Waals surface area contributed by atoms with Gasteiger partial charge in [-0.05, 0) is 31.4 Å². The minimum atomic E-state index is -0.138. The highest BCUT2D eigenvalue weighted by Crippen LogP contribution is 2.34. The van der Waals surface area contributed by atoms with E-state index >= 15 is 0 Å². The molecule has 0 aromatic rings. The van der Waals surface area contributed by atoms with Gasteiger partial charge in [-0.3, -0.25) is 4.79 Å². The van der Waals surface area contributed by atoms with Crippen molar-refractivity contribution in [3.05, 3.63) is 11.6 Å². The summed E-state index contributed by atoms with van der Waals surface area (Å²) in [5.74, 6) is 0.354. The average Bonchev–Trinajstić information content (AvgIpc) is 2.89. The fourth-order valence-corrected chi connectivity index (χ4v) is 3.27. The highest BCUT2D eigenvalue weighted by molar-refractivity contribution is 5.83. The maximum atomic E-state index is 12.8. The van der Waals surface area contributed by atoms with Gasteiger partial charge in [0.05, 0.1) is 12.0 Å². The van der Waals surface area contributed by atoms with Crippen LogP contribution in [0.5, 0.6) is 0 Å². The van der Waals surface area contributed by atoms with E-state index in [1.54, 1.807) is 7.11 Å². The molecule has 0 spiro atoms. The van der Waals surface area contributed by atoms with Crippen LogP contribution in [-0.2, 0) is 9.53 Å². The van der Waals surface area contributed by atoms with Gasteiger partial charge in [0, 0.05) is 26.7 Å². The summed E-state index contributed by atoms with van der Waals surface area (Å²) in [6, 6.07) is 0. The van der Waals surface area contributed by atoms with Crippen LogP contribution in [0.2, 0.25) is 0 Å². The molecule has 1 fully saturated rings. The second-order valence-corrected chi connectivity index (χ2v) is 5.75. The van der Waals surface area contributed by atoms with E-state index in [1.165, 1.54) is 5.57 Å². The van der Waals surface area contributed by atoms with Crippen LogP contribution >= 0.6 is 0 Å². The summed E-state index contributed by atoms with van der Waals surface area (Å²) >= 11 is 0. The van der Waals surface area contributed by atoms with E-state index in [2.05, 4.69) is 18.3 Å². The summed E-state index contributed by atoms with van der Waals surface area (Å²) in [7, 11) is 1.72. The molecule has 1 unspecified atom stereocenters. The molecular formula is C15H26N2O2. The smallest absolute Gasteiger partial charge is 0.230 e. The molecule has 2 heterocycles. The van der Waals surface area contributed by atoms with Crippen molar-refractivity contribution in [3.8, 4) is 0 Å². The normalized spacial score (nSPS) is 27.5. The Kier molecular flexibility index (Phi) is 4.99. The first-order chi connectivity index (χ1) is 9.22. The van der Waals surface area contributed by atoms with E-state index in [4.69, 9.17) is 4.74 Å². The second-order valence-electron chi connectivity index (χ2n) is 5.75. The molecule has 1 saturated heterocycles. The van der Waals surface area contributed by atoms with Crippen LogP contribution in [0.15, 0.2) is 11.6 Å². The zero-order valence-corrected chi connectivity index (χ0v) is 12.2. The third-order valence-corrected chi connectivity index (χ3v) is 4.35. The quantitative estimate of drug-likeness (QED) is 0.768. The fourth-order valence-electron chi connectivity index (χ4n) is 3.27. The molecule has 0 aromatic heterocycles. The fraction of sp³-hybridized carbons (Fsp3) is 0.800. The van der Waals surface area contributed by atoms with Gasteiger partial charge in [-0.2, -0.15) is 0 Å². The number of carbonyl (C=O) groups excluding carboxylic acids is 1. The molecule has 1 amide bonds. The third-order valence-electron chi connectivity index (χ3n) is 4.35. The molecule has 1 N–H and O–H groups in total. The molecule has 0 aliphatic carbocycles. The van der Waals surface area contributed by atoms with Crippen molar-refractivity contribution in [3.63, 3.8) is 0 Å². The Hall–Kier alpha value is -0.870. The molecule has 108 valence electrons. The predicted octanol–water partition coefficient (Wildman–Crippen LogP) is 1.57. The van der Waals surface area contributed by atoms with Crippen LogP contribution in [0.3, 0.4) is 0 Å². The first kappa shape index (κ1) is 14.5. The van der Waals surface area contributed by atoms with Crippen LogP contribution in [0.4, 0.5) is 0 Å². The molecule has 0 bridgehead atoms. The number of rotatable bonds is 5. The van der Waals surface area contributed by atoms with Crippen LogP contribution < -0.4 is 5.32 Å². The monoisotopic (exact) mass is 266 g/mol. The molecule has 1 atom stereocenters. The van der Waals surface area contributed by atoms with Gasteiger partial charge in [0.25, 0.3) is 0 Å². The van der Waals surface area contributed by atoms with E-state index in [1.807, 2.05) is 4.90 Å². The lowest BCUT2D eigenvalue weighted by molar-refractivity contribution is -0.141. The summed E-state index contributed by atoms with van der Waals surface area (Å²) in [5.41, 5.74) is 1.18. The number of carbonyl (C=O) groups is 1. The van der Waals surface area contributed by atoms with Gasteiger partial charge in [-0.1, -0.05) is 19.4 Å². The average molecular weight is 266 g/mol. The molecular weight excluding hydrogens is 240 g/mol. The van der Waals surface area contributed by atoms with E-state index < -0.39 is 0 Å². The summed E-state index contributed by atoms with van der Waals surface area (Å²) in [5, 5.41) is 3.36. The standard InChI is InChI=1S/C15H26N2O2/c1-3-6-15(7-8-16-12-15)14(18)17-9-4-13(5-10-17)11-19-2/h4,16H,3,5-12H2,1-2H3. The number of ether oxygens (including phenoxy) is 1. The van der Waals surface area contributed by atoms with Crippen molar-refractivity contribution in [1.29, 1.82) is 0 Å². The molecule has 0 aromatic carbocycles. The SMILES string of the molecule is CCCC1(C(=O)N2CC=C(COC)CC2)CCNC1. The molecule has 2 rings (SSSR count). The summed E-state index contributed by atoms with van der Waals surface area (Å²) in [4.78, 5) is 14.8. The Labute approximate surface area is 116 Å². The van der Waals surface area contributed by atoms with Crippen molar-refractivity contribution in [2.75, 3.05) is 39.9 Å². The minimum absolute atomic E-state index is 0.138. The Bertz CT molecular complexity index is 346. The van der Waals surface area contributed by atoms with Crippen molar-refractivity contribution >= 4 is 5.91 Å². The maximum Gasteiger partial charge on any atom is 0.230 e.